The first-order valence-electron chi connectivity index (χ1n) is 6.82. The smallest absolute Gasteiger partial charge is 0.172 e. The van der Waals surface area contributed by atoms with Crippen LogP contribution in [0.1, 0.15) is 36.0 Å². The van der Waals surface area contributed by atoms with Crippen LogP contribution in [0.3, 0.4) is 0 Å². The lowest BCUT2D eigenvalue weighted by atomic mass is 9.85. The first kappa shape index (κ1) is 12.6. The highest BCUT2D eigenvalue weighted by Gasteiger charge is 2.38. The number of hydrogen-bond acceptors (Lipinski definition) is 3. The van der Waals surface area contributed by atoms with Crippen LogP contribution in [-0.2, 0) is 0 Å². The molecular weight excluding hydrogens is 245 g/mol. The van der Waals surface area contributed by atoms with Crippen LogP contribution in [0.2, 0.25) is 0 Å². The fraction of sp³-hybridized carbons (Fsp3) is 0.533. The van der Waals surface area contributed by atoms with E-state index in [2.05, 4.69) is 5.32 Å². The molecule has 0 aliphatic carbocycles. The molecule has 3 nitrogen and oxygen atoms in total. The topological polar surface area (TPSA) is 38.3 Å². The molecule has 1 N–H and O–H groups in total. The Morgan fingerprint density at radius 3 is 2.63 bits per heavy atom. The predicted octanol–water partition coefficient (Wildman–Crippen LogP) is 2.55. The summed E-state index contributed by atoms with van der Waals surface area (Å²) in [5.74, 6) is -0.316. The van der Waals surface area contributed by atoms with Gasteiger partial charge >= 0.3 is 0 Å². The van der Waals surface area contributed by atoms with Crippen LogP contribution in [0.15, 0.2) is 18.2 Å². The van der Waals surface area contributed by atoms with Crippen molar-refractivity contribution in [3.05, 3.63) is 29.6 Å². The van der Waals surface area contributed by atoms with E-state index in [0.717, 1.165) is 25.7 Å². The van der Waals surface area contributed by atoms with Gasteiger partial charge in [-0.05, 0) is 37.8 Å². The summed E-state index contributed by atoms with van der Waals surface area (Å²) in [4.78, 5) is 12.6. The van der Waals surface area contributed by atoms with Gasteiger partial charge in [0.15, 0.2) is 5.78 Å². The number of ketones is 1. The van der Waals surface area contributed by atoms with Gasteiger partial charge in [-0.25, -0.2) is 4.39 Å². The van der Waals surface area contributed by atoms with Gasteiger partial charge in [0.1, 0.15) is 11.6 Å². The summed E-state index contributed by atoms with van der Waals surface area (Å²) in [6, 6.07) is 5.38. The Morgan fingerprint density at radius 1 is 1.32 bits per heavy atom. The van der Waals surface area contributed by atoms with E-state index in [4.69, 9.17) is 4.74 Å². The van der Waals surface area contributed by atoms with Crippen molar-refractivity contribution in [3.8, 4) is 5.75 Å². The Labute approximate surface area is 112 Å². The SMILES string of the molecule is COc1cccc(F)c1C(=O)C1CC2CCC(C1)N2. The fourth-order valence-electron chi connectivity index (χ4n) is 3.39. The van der Waals surface area contributed by atoms with E-state index < -0.39 is 5.82 Å². The normalized spacial score (nSPS) is 29.3. The molecule has 2 heterocycles. The van der Waals surface area contributed by atoms with E-state index in [1.165, 1.54) is 13.2 Å². The van der Waals surface area contributed by atoms with Crippen molar-refractivity contribution in [3.63, 3.8) is 0 Å². The number of ether oxygens (including phenoxy) is 1. The number of carbonyl (C=O) groups excluding carboxylic acids is 1. The van der Waals surface area contributed by atoms with Crippen LogP contribution in [0, 0.1) is 11.7 Å². The first-order chi connectivity index (χ1) is 9.19. The number of fused-ring (bicyclic) bond motifs is 2. The molecule has 0 saturated carbocycles. The summed E-state index contributed by atoms with van der Waals surface area (Å²) in [6.07, 6.45) is 3.88. The third-order valence-corrected chi connectivity index (χ3v) is 4.29. The van der Waals surface area contributed by atoms with Crippen molar-refractivity contribution < 1.29 is 13.9 Å². The van der Waals surface area contributed by atoms with E-state index in [1.807, 2.05) is 0 Å². The maximum Gasteiger partial charge on any atom is 0.172 e. The average molecular weight is 263 g/mol. The number of hydrogen-bond donors (Lipinski definition) is 1. The summed E-state index contributed by atoms with van der Waals surface area (Å²) in [5, 5.41) is 3.49. The Hall–Kier alpha value is -1.42. The Kier molecular flexibility index (Phi) is 3.27. The highest BCUT2D eigenvalue weighted by molar-refractivity contribution is 6.00. The van der Waals surface area contributed by atoms with E-state index in [1.54, 1.807) is 12.1 Å². The molecule has 3 rings (SSSR count). The van der Waals surface area contributed by atoms with Gasteiger partial charge in [0, 0.05) is 18.0 Å². The van der Waals surface area contributed by atoms with Crippen LogP contribution in [-0.4, -0.2) is 25.0 Å². The molecule has 1 aromatic rings. The molecule has 2 fully saturated rings. The molecule has 2 saturated heterocycles. The van der Waals surface area contributed by atoms with E-state index in [9.17, 15) is 9.18 Å². The maximum atomic E-state index is 13.9. The lowest BCUT2D eigenvalue weighted by molar-refractivity contribution is 0.0868. The summed E-state index contributed by atoms with van der Waals surface area (Å²) >= 11 is 0. The second kappa shape index (κ2) is 4.93. The van der Waals surface area contributed by atoms with Gasteiger partial charge in [0.2, 0.25) is 0 Å². The van der Waals surface area contributed by atoms with Gasteiger partial charge in [0.05, 0.1) is 12.7 Å². The van der Waals surface area contributed by atoms with Crippen molar-refractivity contribution >= 4 is 5.78 Å². The molecule has 2 aliphatic heterocycles. The van der Waals surface area contributed by atoms with E-state index >= 15 is 0 Å². The van der Waals surface area contributed by atoms with Crippen LogP contribution in [0.5, 0.6) is 5.75 Å². The number of benzene rings is 1. The molecule has 0 spiro atoms. The van der Waals surface area contributed by atoms with Gasteiger partial charge in [-0.2, -0.15) is 0 Å². The molecule has 0 amide bonds. The van der Waals surface area contributed by atoms with Crippen LogP contribution in [0.4, 0.5) is 4.39 Å². The first-order valence-corrected chi connectivity index (χ1v) is 6.82. The Morgan fingerprint density at radius 2 is 2.00 bits per heavy atom. The third kappa shape index (κ3) is 2.25. The van der Waals surface area contributed by atoms with Crippen molar-refractivity contribution in [2.24, 2.45) is 5.92 Å². The van der Waals surface area contributed by atoms with E-state index in [0.29, 0.717) is 17.8 Å². The van der Waals surface area contributed by atoms with Crippen molar-refractivity contribution in [2.45, 2.75) is 37.8 Å². The number of rotatable bonds is 3. The molecule has 19 heavy (non-hydrogen) atoms. The van der Waals surface area contributed by atoms with E-state index in [-0.39, 0.29) is 17.3 Å². The zero-order valence-electron chi connectivity index (χ0n) is 11.0. The molecule has 102 valence electrons. The average Bonchev–Trinajstić information content (AvgIpc) is 2.76. The second-order valence-electron chi connectivity index (χ2n) is 5.49. The molecule has 2 atom stereocenters. The summed E-state index contributed by atoms with van der Waals surface area (Å²) in [5.41, 5.74) is 0.122. The molecule has 4 heteroatoms. The molecular formula is C15H18FNO2. The lowest BCUT2D eigenvalue weighted by Crippen LogP contribution is -2.40. The zero-order chi connectivity index (χ0) is 13.4. The van der Waals surface area contributed by atoms with Crippen molar-refractivity contribution in [1.29, 1.82) is 0 Å². The number of methoxy groups -OCH3 is 1. The largest absolute Gasteiger partial charge is 0.496 e. The monoisotopic (exact) mass is 263 g/mol. The van der Waals surface area contributed by atoms with Crippen LogP contribution < -0.4 is 10.1 Å². The second-order valence-corrected chi connectivity index (χ2v) is 5.49. The predicted molar refractivity (Wildman–Crippen MR) is 70.0 cm³/mol. The number of Topliss-reactive ketones (excluding diaryl/α,β-unsaturated/α-hetero) is 1. The summed E-state index contributed by atoms with van der Waals surface area (Å²) in [7, 11) is 1.47. The van der Waals surface area contributed by atoms with Crippen molar-refractivity contribution in [2.75, 3.05) is 7.11 Å². The third-order valence-electron chi connectivity index (χ3n) is 4.29. The van der Waals surface area contributed by atoms with Crippen LogP contribution >= 0.6 is 0 Å². The molecule has 2 unspecified atom stereocenters. The van der Waals surface area contributed by atoms with Gasteiger partial charge < -0.3 is 10.1 Å². The summed E-state index contributed by atoms with van der Waals surface area (Å²) < 4.78 is 19.1. The Balaban J connectivity index is 1.88. The summed E-state index contributed by atoms with van der Waals surface area (Å²) in [6.45, 7) is 0. The molecule has 0 radical (unpaired) electrons. The number of piperidine rings is 1. The van der Waals surface area contributed by atoms with Crippen LogP contribution in [0.25, 0.3) is 0 Å². The molecule has 2 bridgehead atoms. The number of halogens is 1. The number of nitrogens with one attached hydrogen (secondary N) is 1. The van der Waals surface area contributed by atoms with Gasteiger partial charge in [0.25, 0.3) is 0 Å². The fourth-order valence-corrected chi connectivity index (χ4v) is 3.39. The molecule has 0 aromatic heterocycles. The van der Waals surface area contributed by atoms with Crippen molar-refractivity contribution in [1.82, 2.24) is 5.32 Å². The zero-order valence-corrected chi connectivity index (χ0v) is 11.0. The standard InChI is InChI=1S/C15H18FNO2/c1-19-13-4-2-3-12(16)14(13)15(18)9-7-10-5-6-11(8-9)17-10/h2-4,9-11,17H,5-8H2,1H3. The minimum absolute atomic E-state index is 0.0791. The number of carbonyl (C=O) groups is 1. The highest BCUT2D eigenvalue weighted by atomic mass is 19.1. The highest BCUT2D eigenvalue weighted by Crippen LogP contribution is 2.35. The van der Waals surface area contributed by atoms with Gasteiger partial charge in [-0.1, -0.05) is 6.07 Å². The Bertz CT molecular complexity index is 491. The molecule has 1 aromatic carbocycles. The minimum atomic E-state index is -0.477. The van der Waals surface area contributed by atoms with Gasteiger partial charge in [-0.15, -0.1) is 0 Å². The quantitative estimate of drug-likeness (QED) is 0.852. The molecule has 2 aliphatic rings. The minimum Gasteiger partial charge on any atom is -0.496 e. The van der Waals surface area contributed by atoms with Gasteiger partial charge in [-0.3, -0.25) is 4.79 Å². The maximum absolute atomic E-state index is 13.9. The lowest BCUT2D eigenvalue weighted by Gasteiger charge is -2.28.